The molecule has 0 aliphatic rings. The van der Waals surface area contributed by atoms with Crippen LogP contribution in [0.1, 0.15) is 10.4 Å². The van der Waals surface area contributed by atoms with Crippen LogP contribution in [0.25, 0.3) is 6.08 Å². The second kappa shape index (κ2) is 5.60. The van der Waals surface area contributed by atoms with Crippen molar-refractivity contribution in [2.75, 3.05) is 5.32 Å². The van der Waals surface area contributed by atoms with Crippen molar-refractivity contribution >= 4 is 29.0 Å². The Morgan fingerprint density at radius 2 is 2.22 bits per heavy atom. The van der Waals surface area contributed by atoms with Crippen molar-refractivity contribution in [3.05, 3.63) is 58.0 Å². The fraction of sp³-hybridized carbons (Fsp3) is 0.0714. The molecule has 1 amide bonds. The number of halogens is 1. The van der Waals surface area contributed by atoms with Gasteiger partial charge < -0.3 is 5.32 Å². The number of benzene rings is 1. The van der Waals surface area contributed by atoms with E-state index in [1.54, 1.807) is 36.5 Å². The van der Waals surface area contributed by atoms with E-state index in [-0.39, 0.29) is 11.7 Å². The second-order valence-electron chi connectivity index (χ2n) is 3.80. The van der Waals surface area contributed by atoms with E-state index < -0.39 is 0 Å². The molecule has 1 aromatic heterocycles. The molecule has 4 heteroatoms. The maximum absolute atomic E-state index is 13.3. The number of rotatable bonds is 3. The van der Waals surface area contributed by atoms with Gasteiger partial charge in [-0.25, -0.2) is 4.39 Å². The molecule has 0 atom stereocenters. The van der Waals surface area contributed by atoms with Crippen molar-refractivity contribution in [2.24, 2.45) is 0 Å². The van der Waals surface area contributed by atoms with Gasteiger partial charge >= 0.3 is 0 Å². The first-order chi connectivity index (χ1) is 8.65. The molecule has 2 aromatic rings. The molecule has 1 heterocycles. The highest BCUT2D eigenvalue weighted by atomic mass is 32.1. The van der Waals surface area contributed by atoms with Gasteiger partial charge in [0.2, 0.25) is 5.91 Å². The van der Waals surface area contributed by atoms with Gasteiger partial charge in [-0.05, 0) is 42.1 Å². The Morgan fingerprint density at radius 1 is 1.39 bits per heavy atom. The van der Waals surface area contributed by atoms with Gasteiger partial charge in [0.05, 0.1) is 0 Å². The lowest BCUT2D eigenvalue weighted by molar-refractivity contribution is -0.111. The SMILES string of the molecule is Cc1ccc(NC(=O)/C=C/c2cccs2)cc1F. The summed E-state index contributed by atoms with van der Waals surface area (Å²) < 4.78 is 13.3. The first kappa shape index (κ1) is 12.5. The van der Waals surface area contributed by atoms with Crippen molar-refractivity contribution in [3.63, 3.8) is 0 Å². The topological polar surface area (TPSA) is 29.1 Å². The number of hydrogen-bond donors (Lipinski definition) is 1. The van der Waals surface area contributed by atoms with Gasteiger partial charge in [0.15, 0.2) is 0 Å². The molecule has 0 bridgehead atoms. The van der Waals surface area contributed by atoms with Crippen LogP contribution in [0, 0.1) is 12.7 Å². The van der Waals surface area contributed by atoms with Gasteiger partial charge in [0.25, 0.3) is 0 Å². The van der Waals surface area contributed by atoms with Crippen LogP contribution in [0.2, 0.25) is 0 Å². The number of carbonyl (C=O) groups excluding carboxylic acids is 1. The van der Waals surface area contributed by atoms with Crippen molar-refractivity contribution in [2.45, 2.75) is 6.92 Å². The molecule has 0 saturated carbocycles. The smallest absolute Gasteiger partial charge is 0.248 e. The van der Waals surface area contributed by atoms with E-state index in [0.29, 0.717) is 11.3 Å². The van der Waals surface area contributed by atoms with E-state index in [1.807, 2.05) is 17.5 Å². The minimum Gasteiger partial charge on any atom is -0.322 e. The van der Waals surface area contributed by atoms with E-state index in [1.165, 1.54) is 12.1 Å². The molecule has 2 rings (SSSR count). The Morgan fingerprint density at radius 3 is 2.89 bits per heavy atom. The van der Waals surface area contributed by atoms with E-state index in [0.717, 1.165) is 4.88 Å². The third-order valence-corrected chi connectivity index (χ3v) is 3.22. The molecule has 1 N–H and O–H groups in total. The fourth-order valence-corrected chi connectivity index (χ4v) is 2.02. The lowest BCUT2D eigenvalue weighted by atomic mass is 10.2. The highest BCUT2D eigenvalue weighted by molar-refractivity contribution is 7.10. The predicted octanol–water partition coefficient (Wildman–Crippen LogP) is 3.85. The van der Waals surface area contributed by atoms with E-state index >= 15 is 0 Å². The summed E-state index contributed by atoms with van der Waals surface area (Å²) in [6.45, 7) is 1.68. The number of aryl methyl sites for hydroxylation is 1. The summed E-state index contributed by atoms with van der Waals surface area (Å²) >= 11 is 1.55. The third kappa shape index (κ3) is 3.28. The summed E-state index contributed by atoms with van der Waals surface area (Å²) in [4.78, 5) is 12.6. The normalized spacial score (nSPS) is 10.8. The quantitative estimate of drug-likeness (QED) is 0.835. The lowest BCUT2D eigenvalue weighted by Gasteiger charge is -2.03. The summed E-state index contributed by atoms with van der Waals surface area (Å²) in [5, 5.41) is 4.55. The molecule has 0 unspecified atom stereocenters. The zero-order valence-corrected chi connectivity index (χ0v) is 10.6. The highest BCUT2D eigenvalue weighted by Gasteiger charge is 2.01. The Labute approximate surface area is 109 Å². The monoisotopic (exact) mass is 261 g/mol. The Balaban J connectivity index is 2.01. The number of anilines is 1. The molecular formula is C14H12FNOS. The molecule has 2 nitrogen and oxygen atoms in total. The van der Waals surface area contributed by atoms with Gasteiger partial charge in [-0.15, -0.1) is 11.3 Å². The highest BCUT2D eigenvalue weighted by Crippen LogP contribution is 2.14. The Kier molecular flexibility index (Phi) is 3.89. The molecule has 92 valence electrons. The van der Waals surface area contributed by atoms with Crippen LogP contribution in [-0.2, 0) is 4.79 Å². The first-order valence-electron chi connectivity index (χ1n) is 5.44. The summed E-state index contributed by atoms with van der Waals surface area (Å²) in [6.07, 6.45) is 3.16. The summed E-state index contributed by atoms with van der Waals surface area (Å²) in [7, 11) is 0. The van der Waals surface area contributed by atoms with Crippen molar-refractivity contribution in [3.8, 4) is 0 Å². The molecule has 0 aliphatic heterocycles. The van der Waals surface area contributed by atoms with Gasteiger partial charge in [-0.1, -0.05) is 12.1 Å². The molecule has 18 heavy (non-hydrogen) atoms. The van der Waals surface area contributed by atoms with Crippen LogP contribution >= 0.6 is 11.3 Å². The molecule has 0 aliphatic carbocycles. The first-order valence-corrected chi connectivity index (χ1v) is 6.32. The summed E-state index contributed by atoms with van der Waals surface area (Å²) in [5.41, 5.74) is 1.01. The zero-order chi connectivity index (χ0) is 13.0. The average molecular weight is 261 g/mol. The van der Waals surface area contributed by atoms with Crippen molar-refractivity contribution in [1.29, 1.82) is 0 Å². The molecule has 0 saturated heterocycles. The van der Waals surface area contributed by atoms with E-state index in [9.17, 15) is 9.18 Å². The van der Waals surface area contributed by atoms with Crippen LogP contribution in [0.5, 0.6) is 0 Å². The predicted molar refractivity (Wildman–Crippen MR) is 73.1 cm³/mol. The Hall–Kier alpha value is -1.94. The van der Waals surface area contributed by atoms with Crippen LogP contribution in [0.15, 0.2) is 41.8 Å². The summed E-state index contributed by atoms with van der Waals surface area (Å²) in [6, 6.07) is 8.45. The Bertz CT molecular complexity index is 575. The second-order valence-corrected chi connectivity index (χ2v) is 4.78. The molecule has 1 aromatic carbocycles. The minimum absolute atomic E-state index is 0.272. The number of amides is 1. The van der Waals surface area contributed by atoms with Crippen LogP contribution in [-0.4, -0.2) is 5.91 Å². The third-order valence-electron chi connectivity index (χ3n) is 2.38. The van der Waals surface area contributed by atoms with Gasteiger partial charge in [-0.3, -0.25) is 4.79 Å². The molecule has 0 spiro atoms. The van der Waals surface area contributed by atoms with Gasteiger partial charge in [0, 0.05) is 16.6 Å². The molecular weight excluding hydrogens is 249 g/mol. The largest absolute Gasteiger partial charge is 0.322 e. The van der Waals surface area contributed by atoms with E-state index in [2.05, 4.69) is 5.32 Å². The molecule has 0 radical (unpaired) electrons. The van der Waals surface area contributed by atoms with Crippen LogP contribution < -0.4 is 5.32 Å². The minimum atomic E-state index is -0.324. The number of nitrogens with one attached hydrogen (secondary N) is 1. The average Bonchev–Trinajstić information content (AvgIpc) is 2.84. The van der Waals surface area contributed by atoms with E-state index in [4.69, 9.17) is 0 Å². The summed E-state index contributed by atoms with van der Waals surface area (Å²) in [5.74, 6) is -0.596. The number of thiophene rings is 1. The van der Waals surface area contributed by atoms with Gasteiger partial charge in [0.1, 0.15) is 5.82 Å². The van der Waals surface area contributed by atoms with Gasteiger partial charge in [-0.2, -0.15) is 0 Å². The maximum atomic E-state index is 13.3. The zero-order valence-electron chi connectivity index (χ0n) is 9.81. The lowest BCUT2D eigenvalue weighted by Crippen LogP contribution is -2.07. The number of carbonyl (C=O) groups is 1. The standard InChI is InChI=1S/C14H12FNOS/c1-10-4-5-11(9-13(10)15)16-14(17)7-6-12-3-2-8-18-12/h2-9H,1H3,(H,16,17)/b7-6+. The van der Waals surface area contributed by atoms with Crippen molar-refractivity contribution in [1.82, 2.24) is 0 Å². The number of hydrogen-bond acceptors (Lipinski definition) is 2. The molecule has 0 fully saturated rings. The maximum Gasteiger partial charge on any atom is 0.248 e. The van der Waals surface area contributed by atoms with Crippen LogP contribution in [0.3, 0.4) is 0 Å². The van der Waals surface area contributed by atoms with Crippen molar-refractivity contribution < 1.29 is 9.18 Å². The van der Waals surface area contributed by atoms with Crippen LogP contribution in [0.4, 0.5) is 10.1 Å². The fourth-order valence-electron chi connectivity index (χ4n) is 1.40.